The predicted molar refractivity (Wildman–Crippen MR) is 109 cm³/mol. The zero-order valence-corrected chi connectivity index (χ0v) is 17.2. The lowest BCUT2D eigenvalue weighted by atomic mass is 10.1. The largest absolute Gasteiger partial charge is 0.330 e. The third-order valence-corrected chi connectivity index (χ3v) is 7.05. The highest BCUT2D eigenvalue weighted by Gasteiger charge is 2.27. The maximum atomic E-state index is 12.6. The highest BCUT2D eigenvalue weighted by Crippen LogP contribution is 2.22. The van der Waals surface area contributed by atoms with Gasteiger partial charge in [0.15, 0.2) is 6.04 Å². The van der Waals surface area contributed by atoms with E-state index in [2.05, 4.69) is 12.2 Å². The summed E-state index contributed by atoms with van der Waals surface area (Å²) in [5.74, 6) is -0.113. The van der Waals surface area contributed by atoms with E-state index in [4.69, 9.17) is 0 Å². The Morgan fingerprint density at radius 2 is 1.61 bits per heavy atom. The fourth-order valence-corrected chi connectivity index (χ4v) is 4.95. The van der Waals surface area contributed by atoms with E-state index in [1.54, 1.807) is 24.3 Å². The molecule has 0 aromatic heterocycles. The molecule has 2 aromatic rings. The zero-order valence-electron chi connectivity index (χ0n) is 16.3. The van der Waals surface area contributed by atoms with Gasteiger partial charge in [0.1, 0.15) is 6.04 Å². The predicted octanol–water partition coefficient (Wildman–Crippen LogP) is 2.12. The first-order valence-electron chi connectivity index (χ1n) is 9.69. The van der Waals surface area contributed by atoms with Crippen molar-refractivity contribution in [3.8, 4) is 0 Å². The maximum absolute atomic E-state index is 12.6. The first-order chi connectivity index (χ1) is 13.4. The van der Waals surface area contributed by atoms with Gasteiger partial charge in [-0.15, -0.1) is 0 Å². The smallest absolute Gasteiger partial charge is 0.282 e. The van der Waals surface area contributed by atoms with Crippen LogP contribution in [0.5, 0.6) is 0 Å². The molecular weight excluding hydrogens is 374 g/mol. The fourth-order valence-electron chi connectivity index (χ4n) is 3.43. The van der Waals surface area contributed by atoms with Gasteiger partial charge in [-0.25, -0.2) is 8.42 Å². The lowest BCUT2D eigenvalue weighted by molar-refractivity contribution is -0.709. The standard InChI is InChI=1S/C21H27N3O3S/c1-16(18-8-4-3-5-9-18)22-17(2)21(25)23-19-10-12-20(13-11-19)28(26,27)24-14-6-7-15-24/h3-5,8-13,16-17,22H,6-7,14-15H2,1-2H3,(H,23,25)/p+1/t16-,17-/m0/s1. The molecule has 1 fully saturated rings. The minimum atomic E-state index is -3.43. The van der Waals surface area contributed by atoms with Crippen LogP contribution in [0, 0.1) is 0 Å². The van der Waals surface area contributed by atoms with Crippen LogP contribution in [0.1, 0.15) is 38.3 Å². The quantitative estimate of drug-likeness (QED) is 0.744. The van der Waals surface area contributed by atoms with Gasteiger partial charge in [0, 0.05) is 24.3 Å². The van der Waals surface area contributed by atoms with E-state index in [0.717, 1.165) is 12.8 Å². The van der Waals surface area contributed by atoms with Crippen LogP contribution in [0.3, 0.4) is 0 Å². The van der Waals surface area contributed by atoms with Crippen molar-refractivity contribution in [1.29, 1.82) is 0 Å². The van der Waals surface area contributed by atoms with Gasteiger partial charge in [0.05, 0.1) is 4.90 Å². The van der Waals surface area contributed by atoms with Gasteiger partial charge in [-0.1, -0.05) is 30.3 Å². The number of benzene rings is 2. The van der Waals surface area contributed by atoms with Gasteiger partial charge in [-0.2, -0.15) is 4.31 Å². The molecule has 1 amide bonds. The molecule has 0 bridgehead atoms. The van der Waals surface area contributed by atoms with Crippen molar-refractivity contribution in [2.75, 3.05) is 18.4 Å². The molecule has 1 heterocycles. The van der Waals surface area contributed by atoms with Crippen molar-refractivity contribution in [3.05, 3.63) is 60.2 Å². The van der Waals surface area contributed by atoms with Crippen molar-refractivity contribution in [3.63, 3.8) is 0 Å². The van der Waals surface area contributed by atoms with Crippen LogP contribution >= 0.6 is 0 Å². The summed E-state index contributed by atoms with van der Waals surface area (Å²) in [6.07, 6.45) is 1.81. The second-order valence-electron chi connectivity index (χ2n) is 7.31. The molecule has 1 aliphatic heterocycles. The summed E-state index contributed by atoms with van der Waals surface area (Å²) < 4.78 is 26.6. The molecule has 0 aliphatic carbocycles. The topological polar surface area (TPSA) is 83.1 Å². The highest BCUT2D eigenvalue weighted by atomic mass is 32.2. The molecule has 1 saturated heterocycles. The number of rotatable bonds is 7. The molecule has 3 N–H and O–H groups in total. The molecule has 3 rings (SSSR count). The summed E-state index contributed by atoms with van der Waals surface area (Å²) in [5.41, 5.74) is 1.76. The van der Waals surface area contributed by atoms with Gasteiger partial charge >= 0.3 is 0 Å². The van der Waals surface area contributed by atoms with Crippen LogP contribution in [0.15, 0.2) is 59.5 Å². The van der Waals surface area contributed by atoms with Crippen LogP contribution in [-0.2, 0) is 14.8 Å². The number of amides is 1. The highest BCUT2D eigenvalue weighted by molar-refractivity contribution is 7.89. The first kappa shape index (κ1) is 20.5. The van der Waals surface area contributed by atoms with Crippen molar-refractivity contribution in [1.82, 2.24) is 4.31 Å². The number of nitrogens with one attached hydrogen (secondary N) is 1. The number of quaternary nitrogens is 1. The Bertz CT molecular complexity index is 892. The summed E-state index contributed by atoms with van der Waals surface area (Å²) in [4.78, 5) is 12.8. The van der Waals surface area contributed by atoms with E-state index in [0.29, 0.717) is 18.8 Å². The minimum Gasteiger partial charge on any atom is -0.330 e. The Morgan fingerprint density at radius 3 is 2.21 bits per heavy atom. The minimum absolute atomic E-state index is 0.113. The molecule has 2 aromatic carbocycles. The van der Waals surface area contributed by atoms with Crippen molar-refractivity contribution < 1.29 is 18.5 Å². The van der Waals surface area contributed by atoms with Crippen molar-refractivity contribution in [2.45, 2.75) is 43.7 Å². The molecule has 7 heteroatoms. The van der Waals surface area contributed by atoms with E-state index in [9.17, 15) is 13.2 Å². The monoisotopic (exact) mass is 402 g/mol. The number of anilines is 1. The van der Waals surface area contributed by atoms with Crippen LogP contribution in [0.25, 0.3) is 0 Å². The number of hydrogen-bond donors (Lipinski definition) is 2. The summed E-state index contributed by atoms with van der Waals surface area (Å²) in [6.45, 7) is 5.08. The number of hydrogen-bond acceptors (Lipinski definition) is 3. The van der Waals surface area contributed by atoms with Crippen LogP contribution in [0.4, 0.5) is 5.69 Å². The molecule has 2 atom stereocenters. The van der Waals surface area contributed by atoms with Crippen LogP contribution in [-0.4, -0.2) is 37.8 Å². The first-order valence-corrected chi connectivity index (χ1v) is 11.1. The Morgan fingerprint density at radius 1 is 1.00 bits per heavy atom. The number of carbonyl (C=O) groups excluding carboxylic acids is 1. The summed E-state index contributed by atoms with van der Waals surface area (Å²) >= 11 is 0. The third-order valence-electron chi connectivity index (χ3n) is 5.14. The van der Waals surface area contributed by atoms with E-state index in [1.165, 1.54) is 9.87 Å². The zero-order chi connectivity index (χ0) is 20.1. The van der Waals surface area contributed by atoms with Gasteiger partial charge in [-0.3, -0.25) is 4.79 Å². The van der Waals surface area contributed by atoms with Crippen molar-refractivity contribution in [2.24, 2.45) is 0 Å². The Labute approximate surface area is 167 Å². The Hall–Kier alpha value is -2.22. The van der Waals surface area contributed by atoms with Crippen molar-refractivity contribution >= 4 is 21.6 Å². The lowest BCUT2D eigenvalue weighted by Gasteiger charge is -2.17. The lowest BCUT2D eigenvalue weighted by Crippen LogP contribution is -2.91. The number of carbonyl (C=O) groups is 1. The molecule has 0 unspecified atom stereocenters. The SMILES string of the molecule is C[C@H]([NH2+][C@@H](C)c1ccccc1)C(=O)Nc1ccc(S(=O)(=O)N2CCCC2)cc1. The number of nitrogens with two attached hydrogens (primary N) is 1. The third kappa shape index (κ3) is 4.79. The second kappa shape index (κ2) is 8.86. The van der Waals surface area contributed by atoms with Gasteiger partial charge < -0.3 is 10.6 Å². The van der Waals surface area contributed by atoms with Gasteiger partial charge in [0.2, 0.25) is 10.0 Å². The van der Waals surface area contributed by atoms with E-state index < -0.39 is 10.0 Å². The fraction of sp³-hybridized carbons (Fsp3) is 0.381. The van der Waals surface area contributed by atoms with E-state index in [-0.39, 0.29) is 22.9 Å². The number of nitrogens with zero attached hydrogens (tertiary/aromatic N) is 1. The molecule has 1 aliphatic rings. The summed E-state index contributed by atoms with van der Waals surface area (Å²) in [7, 11) is -3.43. The molecule has 0 saturated carbocycles. The maximum Gasteiger partial charge on any atom is 0.282 e. The molecule has 0 radical (unpaired) electrons. The molecule has 0 spiro atoms. The summed E-state index contributed by atoms with van der Waals surface area (Å²) in [5, 5.41) is 4.88. The van der Waals surface area contributed by atoms with E-state index in [1.807, 2.05) is 42.6 Å². The van der Waals surface area contributed by atoms with Crippen LogP contribution < -0.4 is 10.6 Å². The molecular formula is C21H28N3O3S+. The average Bonchev–Trinajstić information content (AvgIpc) is 3.25. The molecule has 150 valence electrons. The van der Waals surface area contributed by atoms with Crippen LogP contribution in [0.2, 0.25) is 0 Å². The second-order valence-corrected chi connectivity index (χ2v) is 9.24. The molecule has 28 heavy (non-hydrogen) atoms. The number of sulfonamides is 1. The van der Waals surface area contributed by atoms with E-state index >= 15 is 0 Å². The van der Waals surface area contributed by atoms with Gasteiger partial charge in [-0.05, 0) is 51.0 Å². The molecule has 6 nitrogen and oxygen atoms in total. The van der Waals surface area contributed by atoms with Gasteiger partial charge in [0.25, 0.3) is 5.91 Å². The Balaban J connectivity index is 1.59. The summed E-state index contributed by atoms with van der Waals surface area (Å²) in [6, 6.07) is 16.3. The normalized spacial score (nSPS) is 17.2. The Kier molecular flexibility index (Phi) is 6.49. The average molecular weight is 403 g/mol.